The van der Waals surface area contributed by atoms with Crippen molar-refractivity contribution in [2.24, 2.45) is 5.92 Å². The van der Waals surface area contributed by atoms with E-state index in [-0.39, 0.29) is 0 Å². The molecule has 0 bridgehead atoms. The van der Waals surface area contributed by atoms with Crippen molar-refractivity contribution in [1.29, 1.82) is 0 Å². The molecule has 0 fully saturated rings. The van der Waals surface area contributed by atoms with Crippen molar-refractivity contribution in [3.8, 4) is 18.1 Å². The van der Waals surface area contributed by atoms with Crippen LogP contribution < -0.4 is 0 Å². The number of benzene rings is 1. The van der Waals surface area contributed by atoms with E-state index in [0.717, 1.165) is 0 Å². The van der Waals surface area contributed by atoms with Gasteiger partial charge < -0.3 is 20.4 Å². The Bertz CT molecular complexity index is 792. The van der Waals surface area contributed by atoms with Gasteiger partial charge in [0.25, 0.3) is 5.78 Å². The van der Waals surface area contributed by atoms with Crippen LogP contribution in [0.25, 0.3) is 5.53 Å². The number of phenolic OH excluding ortho intramolecular Hbond substituents is 1. The largest absolute Gasteiger partial charge is 0.503 e. The Balaban J connectivity index is 0.000000441. The summed E-state index contributed by atoms with van der Waals surface area (Å²) >= 11 is 0. The van der Waals surface area contributed by atoms with Crippen LogP contribution in [0.3, 0.4) is 0 Å². The van der Waals surface area contributed by atoms with Crippen LogP contribution >= 0.6 is 7.60 Å². The molecule has 0 spiro atoms. The topological polar surface area (TPSA) is 131 Å². The minimum Gasteiger partial charge on any atom is -0.503 e. The summed E-state index contributed by atoms with van der Waals surface area (Å²) in [5.41, 5.74) is 6.56. The highest BCUT2D eigenvalue weighted by Gasteiger charge is 2.40. The number of carbonyl (C=O) groups is 1. The summed E-state index contributed by atoms with van der Waals surface area (Å²) in [6.45, 7) is 2.90. The summed E-state index contributed by atoms with van der Waals surface area (Å²) < 4.78 is 47.9. The van der Waals surface area contributed by atoms with E-state index in [0.29, 0.717) is 6.07 Å². The highest BCUT2D eigenvalue weighted by atomic mass is 31.2. The average Bonchev–Trinajstić information content (AvgIpc) is 2.48. The van der Waals surface area contributed by atoms with Gasteiger partial charge in [0.05, 0.1) is 5.56 Å². The molecule has 0 aromatic heterocycles. The Labute approximate surface area is 134 Å². The van der Waals surface area contributed by atoms with E-state index in [9.17, 15) is 22.5 Å². The zero-order chi connectivity index (χ0) is 19.2. The first-order chi connectivity index (χ1) is 10.9. The van der Waals surface area contributed by atoms with Gasteiger partial charge in [-0.15, -0.1) is 6.42 Å². The Hall–Kier alpha value is -2.43. The fourth-order valence-electron chi connectivity index (χ4n) is 1.20. The second kappa shape index (κ2) is 8.43. The van der Waals surface area contributed by atoms with Crippen LogP contribution in [0.4, 0.5) is 13.2 Å². The Morgan fingerprint density at radius 3 is 2.12 bits per heavy atom. The summed E-state index contributed by atoms with van der Waals surface area (Å²) in [6.07, 6.45) is 4.75. The summed E-state index contributed by atoms with van der Waals surface area (Å²) in [7, 11) is -4.74. The minimum absolute atomic E-state index is 0.504. The Morgan fingerprint density at radius 2 is 1.83 bits per heavy atom. The smallest absolute Gasteiger partial charge is 0.443 e. The molecule has 0 heterocycles. The van der Waals surface area contributed by atoms with Crippen LogP contribution in [-0.4, -0.2) is 30.9 Å². The minimum atomic E-state index is -4.74. The predicted octanol–water partition coefficient (Wildman–Crippen LogP) is 1.81. The molecule has 3 N–H and O–H groups in total. The van der Waals surface area contributed by atoms with E-state index in [2.05, 4.69) is 4.79 Å². The first-order valence-corrected chi connectivity index (χ1v) is 7.65. The van der Waals surface area contributed by atoms with Gasteiger partial charge in [-0.2, -0.15) is 9.18 Å². The molecule has 0 aliphatic rings. The molecule has 11 heteroatoms. The molecule has 0 saturated carbocycles. The van der Waals surface area contributed by atoms with E-state index < -0.39 is 53.5 Å². The van der Waals surface area contributed by atoms with Crippen LogP contribution in [-0.2, 0) is 9.36 Å². The highest BCUT2D eigenvalue weighted by molar-refractivity contribution is 7.73. The van der Waals surface area contributed by atoms with E-state index in [1.165, 1.54) is 13.8 Å². The Kier molecular flexibility index (Phi) is 7.58. The molecule has 130 valence electrons. The molecule has 1 aromatic rings. The van der Waals surface area contributed by atoms with E-state index >= 15 is 0 Å². The number of terminal acetylenes is 1. The van der Waals surface area contributed by atoms with Crippen LogP contribution in [0.1, 0.15) is 19.4 Å². The van der Waals surface area contributed by atoms with Crippen molar-refractivity contribution in [3.63, 3.8) is 0 Å². The summed E-state index contributed by atoms with van der Waals surface area (Å²) in [5.74, 6) is -5.42. The van der Waals surface area contributed by atoms with Crippen LogP contribution in [0.5, 0.6) is 5.75 Å². The number of carbonyl (C=O) groups excluding carboxylic acids is 1. The number of hydrogen-bond donors (Lipinski definition) is 3. The van der Waals surface area contributed by atoms with Crippen LogP contribution in [0.15, 0.2) is 6.07 Å². The third kappa shape index (κ3) is 5.33. The molecule has 7 nitrogen and oxygen atoms in total. The van der Waals surface area contributed by atoms with E-state index in [1.807, 2.05) is 0 Å². The van der Waals surface area contributed by atoms with Crippen molar-refractivity contribution in [1.82, 2.24) is 0 Å². The molecule has 0 aliphatic heterocycles. The van der Waals surface area contributed by atoms with Gasteiger partial charge in [0.2, 0.25) is 5.82 Å². The van der Waals surface area contributed by atoms with Gasteiger partial charge in [-0.3, -0.25) is 4.79 Å². The maximum absolute atomic E-state index is 12.6. The van der Waals surface area contributed by atoms with Gasteiger partial charge in [0, 0.05) is 5.92 Å². The molecular weight excluding hydrogens is 352 g/mol. The second-order valence-corrected chi connectivity index (χ2v) is 6.03. The van der Waals surface area contributed by atoms with Gasteiger partial charge >= 0.3 is 13.0 Å². The SMILES string of the molecule is C#Cc1cc(F)c(F)c(O)c1F.CC(C)C(=O)C(=[N+]=[N-])P(=O)(O)O. The van der Waals surface area contributed by atoms with Crippen LogP contribution in [0, 0.1) is 35.7 Å². The summed E-state index contributed by atoms with van der Waals surface area (Å²) in [5, 5.41) is 8.61. The molecule has 0 aliphatic carbocycles. The summed E-state index contributed by atoms with van der Waals surface area (Å²) in [4.78, 5) is 30.2. The maximum atomic E-state index is 12.6. The standard InChI is InChI=1S/C8H3F3O.C5H9N2O4P/c1-2-4-3-5(9)7(11)8(12)6(4)10;1-3(2)4(8)5(7-6)12(9,10)11/h1,3,12H;3H,1-2H3,(H2,9,10,11). The van der Waals surface area contributed by atoms with E-state index in [4.69, 9.17) is 26.8 Å². The Morgan fingerprint density at radius 1 is 1.33 bits per heavy atom. The molecule has 1 rings (SSSR count). The quantitative estimate of drug-likeness (QED) is 0.188. The fraction of sp³-hybridized carbons (Fsp3) is 0.231. The van der Waals surface area contributed by atoms with Crippen molar-refractivity contribution in [2.45, 2.75) is 13.8 Å². The van der Waals surface area contributed by atoms with Crippen LogP contribution in [0.2, 0.25) is 0 Å². The number of ketones is 1. The molecule has 0 radical (unpaired) electrons. The zero-order valence-corrected chi connectivity index (χ0v) is 13.3. The molecule has 0 atom stereocenters. The van der Waals surface area contributed by atoms with Crippen molar-refractivity contribution in [2.75, 3.05) is 0 Å². The number of Topliss-reactive ketones (excluding diaryl/α,β-unsaturated/α-hetero) is 1. The number of nitrogens with zero attached hydrogens (tertiary/aromatic N) is 2. The summed E-state index contributed by atoms with van der Waals surface area (Å²) in [6, 6.07) is 0.504. The lowest BCUT2D eigenvalue weighted by Crippen LogP contribution is -2.20. The number of aromatic hydroxyl groups is 1. The number of halogens is 3. The lowest BCUT2D eigenvalue weighted by atomic mass is 10.1. The van der Waals surface area contributed by atoms with Crippen molar-refractivity contribution < 1.29 is 42.2 Å². The second-order valence-electron chi connectivity index (χ2n) is 4.51. The normalized spacial score (nSPS) is 10.3. The number of rotatable bonds is 3. The van der Waals surface area contributed by atoms with Gasteiger partial charge in [0.15, 0.2) is 17.4 Å². The third-order valence-electron chi connectivity index (χ3n) is 2.40. The molecule has 1 aromatic carbocycles. The maximum Gasteiger partial charge on any atom is 0.443 e. The lowest BCUT2D eigenvalue weighted by Gasteiger charge is -2.00. The third-order valence-corrected chi connectivity index (χ3v) is 3.27. The van der Waals surface area contributed by atoms with Crippen molar-refractivity contribution in [3.05, 3.63) is 34.6 Å². The monoisotopic (exact) mass is 364 g/mol. The van der Waals surface area contributed by atoms with Gasteiger partial charge in [-0.25, -0.2) is 13.3 Å². The van der Waals surface area contributed by atoms with Gasteiger partial charge in [-0.1, -0.05) is 19.8 Å². The van der Waals surface area contributed by atoms with Crippen molar-refractivity contribution >= 4 is 18.8 Å². The highest BCUT2D eigenvalue weighted by Crippen LogP contribution is 2.36. The van der Waals surface area contributed by atoms with Gasteiger partial charge in [0.1, 0.15) is 0 Å². The molecule has 0 saturated heterocycles. The fourth-order valence-corrected chi connectivity index (χ4v) is 1.87. The molecule has 24 heavy (non-hydrogen) atoms. The predicted molar refractivity (Wildman–Crippen MR) is 76.4 cm³/mol. The van der Waals surface area contributed by atoms with Gasteiger partial charge in [-0.05, 0) is 6.07 Å². The molecule has 0 unspecified atom stereocenters. The van der Waals surface area contributed by atoms with E-state index in [1.54, 1.807) is 5.92 Å². The first-order valence-electron chi connectivity index (χ1n) is 6.03. The first kappa shape index (κ1) is 21.6. The molecular formula is C13H12F3N2O5P. The molecule has 0 amide bonds. The zero-order valence-electron chi connectivity index (χ0n) is 12.4. The average molecular weight is 364 g/mol. The lowest BCUT2D eigenvalue weighted by molar-refractivity contribution is -0.119. The number of hydrogen-bond acceptors (Lipinski definition) is 3. The number of phenols is 1.